The van der Waals surface area contributed by atoms with Gasteiger partial charge in [0, 0.05) is 12.5 Å². The standard InChI is InChI=1S/C9H15NO3/c10-6-2-1-3-7(6)13-8-4-5-12-9(8)11/h6-8H,1-5,10H2. The third-order valence-electron chi connectivity index (χ3n) is 2.73. The van der Waals surface area contributed by atoms with Crippen LogP contribution in [0.4, 0.5) is 0 Å². The fraction of sp³-hybridized carbons (Fsp3) is 0.889. The molecule has 0 bridgehead atoms. The van der Waals surface area contributed by atoms with Gasteiger partial charge in [0.25, 0.3) is 0 Å². The predicted octanol–water partition coefficient (Wildman–Crippen LogP) is 0.198. The van der Waals surface area contributed by atoms with Crippen LogP contribution in [0.3, 0.4) is 0 Å². The first-order valence-corrected chi connectivity index (χ1v) is 4.85. The number of hydrogen-bond acceptors (Lipinski definition) is 4. The SMILES string of the molecule is NC1CCCC1OC1CCOC1=O. The van der Waals surface area contributed by atoms with Crippen LogP contribution in [0, 0.1) is 0 Å². The molecule has 0 aromatic heterocycles. The second kappa shape index (κ2) is 3.64. The molecule has 13 heavy (non-hydrogen) atoms. The molecule has 4 heteroatoms. The lowest BCUT2D eigenvalue weighted by Gasteiger charge is -2.18. The summed E-state index contributed by atoms with van der Waals surface area (Å²) in [6.07, 6.45) is 3.48. The molecule has 1 aliphatic heterocycles. The number of hydrogen-bond donors (Lipinski definition) is 1. The summed E-state index contributed by atoms with van der Waals surface area (Å²) in [7, 11) is 0. The summed E-state index contributed by atoms with van der Waals surface area (Å²) < 4.78 is 10.4. The van der Waals surface area contributed by atoms with E-state index in [0.29, 0.717) is 13.0 Å². The molecular formula is C9H15NO3. The van der Waals surface area contributed by atoms with Gasteiger partial charge in [-0.3, -0.25) is 0 Å². The quantitative estimate of drug-likeness (QED) is 0.624. The van der Waals surface area contributed by atoms with E-state index in [1.807, 2.05) is 0 Å². The normalized spacial score (nSPS) is 39.5. The van der Waals surface area contributed by atoms with E-state index in [1.165, 1.54) is 0 Å². The summed E-state index contributed by atoms with van der Waals surface area (Å²) in [6.45, 7) is 0.492. The molecule has 74 valence electrons. The lowest BCUT2D eigenvalue weighted by Crippen LogP contribution is -2.36. The van der Waals surface area contributed by atoms with Gasteiger partial charge in [0.15, 0.2) is 6.10 Å². The highest BCUT2D eigenvalue weighted by molar-refractivity contribution is 5.76. The van der Waals surface area contributed by atoms with Crippen LogP contribution in [0.2, 0.25) is 0 Å². The third-order valence-corrected chi connectivity index (χ3v) is 2.73. The molecule has 1 saturated heterocycles. The zero-order chi connectivity index (χ0) is 9.26. The van der Waals surface area contributed by atoms with Crippen LogP contribution in [0.25, 0.3) is 0 Å². The molecule has 0 aromatic rings. The molecule has 2 rings (SSSR count). The highest BCUT2D eigenvalue weighted by atomic mass is 16.6. The average molecular weight is 185 g/mol. The maximum absolute atomic E-state index is 11.1. The Labute approximate surface area is 77.4 Å². The van der Waals surface area contributed by atoms with Gasteiger partial charge in [-0.05, 0) is 19.3 Å². The van der Waals surface area contributed by atoms with Gasteiger partial charge in [0.05, 0.1) is 12.7 Å². The maximum Gasteiger partial charge on any atom is 0.335 e. The minimum atomic E-state index is -0.353. The molecule has 2 aliphatic rings. The Morgan fingerprint density at radius 3 is 2.77 bits per heavy atom. The van der Waals surface area contributed by atoms with Crippen molar-refractivity contribution in [2.75, 3.05) is 6.61 Å². The molecule has 0 amide bonds. The average Bonchev–Trinajstić information content (AvgIpc) is 2.65. The summed E-state index contributed by atoms with van der Waals surface area (Å²) in [6, 6.07) is 0.105. The Hall–Kier alpha value is -0.610. The van der Waals surface area contributed by atoms with Crippen LogP contribution in [-0.2, 0) is 14.3 Å². The smallest absolute Gasteiger partial charge is 0.335 e. The van der Waals surface area contributed by atoms with Crippen LogP contribution in [0.15, 0.2) is 0 Å². The second-order valence-electron chi connectivity index (χ2n) is 3.71. The Balaban J connectivity index is 1.86. The van der Waals surface area contributed by atoms with E-state index in [4.69, 9.17) is 15.2 Å². The number of rotatable bonds is 2. The fourth-order valence-electron chi connectivity index (χ4n) is 1.94. The van der Waals surface area contributed by atoms with E-state index in [2.05, 4.69) is 0 Å². The summed E-state index contributed by atoms with van der Waals surface area (Å²) >= 11 is 0. The Kier molecular flexibility index (Phi) is 2.51. The van der Waals surface area contributed by atoms with Crippen molar-refractivity contribution in [2.45, 2.75) is 43.9 Å². The number of cyclic esters (lactones) is 1. The summed E-state index contributed by atoms with van der Waals surface area (Å²) in [4.78, 5) is 11.1. The monoisotopic (exact) mass is 185 g/mol. The van der Waals surface area contributed by atoms with Crippen LogP contribution >= 0.6 is 0 Å². The van der Waals surface area contributed by atoms with E-state index in [-0.39, 0.29) is 24.2 Å². The molecule has 0 radical (unpaired) electrons. The van der Waals surface area contributed by atoms with Crippen molar-refractivity contribution < 1.29 is 14.3 Å². The first-order valence-electron chi connectivity index (χ1n) is 4.85. The van der Waals surface area contributed by atoms with Crippen molar-refractivity contribution in [1.82, 2.24) is 0 Å². The van der Waals surface area contributed by atoms with E-state index in [9.17, 15) is 4.79 Å². The summed E-state index contributed by atoms with van der Waals surface area (Å²) in [5, 5.41) is 0. The van der Waals surface area contributed by atoms with Crippen LogP contribution < -0.4 is 5.73 Å². The largest absolute Gasteiger partial charge is 0.464 e. The van der Waals surface area contributed by atoms with Gasteiger partial charge in [0.2, 0.25) is 0 Å². The lowest BCUT2D eigenvalue weighted by atomic mass is 10.2. The van der Waals surface area contributed by atoms with E-state index < -0.39 is 0 Å². The minimum Gasteiger partial charge on any atom is -0.464 e. The number of esters is 1. The summed E-state index contributed by atoms with van der Waals surface area (Å²) in [5.74, 6) is -0.223. The fourth-order valence-corrected chi connectivity index (χ4v) is 1.94. The molecule has 0 spiro atoms. The zero-order valence-corrected chi connectivity index (χ0v) is 7.57. The van der Waals surface area contributed by atoms with Crippen molar-refractivity contribution in [2.24, 2.45) is 5.73 Å². The maximum atomic E-state index is 11.1. The van der Waals surface area contributed by atoms with Gasteiger partial charge < -0.3 is 15.2 Å². The van der Waals surface area contributed by atoms with E-state index in [1.54, 1.807) is 0 Å². The zero-order valence-electron chi connectivity index (χ0n) is 7.57. The summed E-state index contributed by atoms with van der Waals surface area (Å²) in [5.41, 5.74) is 5.83. The van der Waals surface area contributed by atoms with Crippen LogP contribution in [0.5, 0.6) is 0 Å². The van der Waals surface area contributed by atoms with Gasteiger partial charge in [-0.1, -0.05) is 0 Å². The minimum absolute atomic E-state index is 0.0654. The van der Waals surface area contributed by atoms with Crippen LogP contribution in [-0.4, -0.2) is 30.8 Å². The number of carbonyl (C=O) groups excluding carboxylic acids is 1. The number of carbonyl (C=O) groups is 1. The van der Waals surface area contributed by atoms with Gasteiger partial charge in [0.1, 0.15) is 0 Å². The molecule has 1 aliphatic carbocycles. The molecule has 4 nitrogen and oxygen atoms in total. The van der Waals surface area contributed by atoms with Gasteiger partial charge in [-0.15, -0.1) is 0 Å². The third kappa shape index (κ3) is 1.84. The predicted molar refractivity (Wildman–Crippen MR) is 46.1 cm³/mol. The second-order valence-corrected chi connectivity index (χ2v) is 3.71. The van der Waals surface area contributed by atoms with Crippen molar-refractivity contribution in [3.8, 4) is 0 Å². The first kappa shape index (κ1) is 8.97. The molecule has 2 fully saturated rings. The first-order chi connectivity index (χ1) is 6.27. The van der Waals surface area contributed by atoms with E-state index in [0.717, 1.165) is 19.3 Å². The molecule has 2 N–H and O–H groups in total. The molecular weight excluding hydrogens is 170 g/mol. The van der Waals surface area contributed by atoms with Crippen LogP contribution in [0.1, 0.15) is 25.7 Å². The van der Waals surface area contributed by atoms with Gasteiger partial charge >= 0.3 is 5.97 Å². The van der Waals surface area contributed by atoms with Crippen molar-refractivity contribution in [1.29, 1.82) is 0 Å². The van der Waals surface area contributed by atoms with Crippen molar-refractivity contribution in [3.05, 3.63) is 0 Å². The highest BCUT2D eigenvalue weighted by Gasteiger charge is 2.33. The molecule has 3 unspecified atom stereocenters. The lowest BCUT2D eigenvalue weighted by molar-refractivity contribution is -0.150. The topological polar surface area (TPSA) is 61.6 Å². The van der Waals surface area contributed by atoms with Crippen molar-refractivity contribution >= 4 is 5.97 Å². The number of nitrogens with two attached hydrogens (primary N) is 1. The van der Waals surface area contributed by atoms with E-state index >= 15 is 0 Å². The molecule has 0 aromatic carbocycles. The molecule has 3 atom stereocenters. The highest BCUT2D eigenvalue weighted by Crippen LogP contribution is 2.24. The Bertz CT molecular complexity index is 207. The Morgan fingerprint density at radius 1 is 1.38 bits per heavy atom. The molecule has 1 saturated carbocycles. The van der Waals surface area contributed by atoms with Crippen molar-refractivity contribution in [3.63, 3.8) is 0 Å². The van der Waals surface area contributed by atoms with Gasteiger partial charge in [-0.25, -0.2) is 4.79 Å². The Morgan fingerprint density at radius 2 is 2.23 bits per heavy atom. The number of ether oxygens (including phenoxy) is 2. The van der Waals surface area contributed by atoms with Gasteiger partial charge in [-0.2, -0.15) is 0 Å². The molecule has 1 heterocycles.